The van der Waals surface area contributed by atoms with E-state index in [9.17, 15) is 4.79 Å². The van der Waals surface area contributed by atoms with Crippen molar-refractivity contribution in [2.75, 3.05) is 5.73 Å². The zero-order valence-electron chi connectivity index (χ0n) is 13.8. The van der Waals surface area contributed by atoms with Gasteiger partial charge in [-0.1, -0.05) is 11.6 Å². The van der Waals surface area contributed by atoms with Crippen LogP contribution in [0.25, 0.3) is 11.0 Å². The van der Waals surface area contributed by atoms with Crippen LogP contribution in [0.4, 0.5) is 5.82 Å². The van der Waals surface area contributed by atoms with Crippen molar-refractivity contribution in [2.45, 2.75) is 20.0 Å². The summed E-state index contributed by atoms with van der Waals surface area (Å²) in [6, 6.07) is 5.74. The highest BCUT2D eigenvalue weighted by molar-refractivity contribution is 9.10. The smallest absolute Gasteiger partial charge is 0.276 e. The molecular weight excluding hydrogens is 408 g/mol. The summed E-state index contributed by atoms with van der Waals surface area (Å²) in [5.41, 5.74) is 7.90. The molecule has 3 aromatic rings. The second kappa shape index (κ2) is 6.97. The molecule has 0 saturated carbocycles. The van der Waals surface area contributed by atoms with Gasteiger partial charge in [-0.15, -0.1) is 0 Å². The summed E-state index contributed by atoms with van der Waals surface area (Å²) >= 11 is 9.32. The standard InChI is InChI=1S/C16H16BrClN6O/c1-3-24-11-6-9(18)4-5-10(11)23(2)13(24)8-21-16(25)14-15(19)20-7-12(17)22-14/h4-7H,3,8H2,1-2H3,(H2-,19,20,21,25)/p+1. The van der Waals surface area contributed by atoms with Gasteiger partial charge in [-0.2, -0.15) is 0 Å². The summed E-state index contributed by atoms with van der Waals surface area (Å²) < 4.78 is 4.60. The number of hydrogen-bond donors (Lipinski definition) is 2. The Labute approximate surface area is 158 Å². The summed E-state index contributed by atoms with van der Waals surface area (Å²) in [5.74, 6) is 0.653. The second-order valence-corrected chi connectivity index (χ2v) is 6.71. The van der Waals surface area contributed by atoms with E-state index in [1.807, 2.05) is 36.7 Å². The van der Waals surface area contributed by atoms with Crippen molar-refractivity contribution in [3.05, 3.63) is 45.5 Å². The quantitative estimate of drug-likeness (QED) is 0.628. The molecule has 25 heavy (non-hydrogen) atoms. The normalized spacial score (nSPS) is 11.0. The maximum absolute atomic E-state index is 12.4. The predicted octanol–water partition coefficient (Wildman–Crippen LogP) is 2.20. The number of carbonyl (C=O) groups is 1. The van der Waals surface area contributed by atoms with Crippen LogP contribution in [0.5, 0.6) is 0 Å². The molecule has 3 N–H and O–H groups in total. The lowest BCUT2D eigenvalue weighted by Crippen LogP contribution is -2.38. The lowest BCUT2D eigenvalue weighted by atomic mass is 10.3. The zero-order chi connectivity index (χ0) is 18.1. The van der Waals surface area contributed by atoms with E-state index in [2.05, 4.69) is 35.8 Å². The maximum atomic E-state index is 12.4. The Morgan fingerprint density at radius 3 is 2.96 bits per heavy atom. The first-order valence-electron chi connectivity index (χ1n) is 7.65. The van der Waals surface area contributed by atoms with Gasteiger partial charge in [0.1, 0.15) is 11.1 Å². The summed E-state index contributed by atoms with van der Waals surface area (Å²) in [6.45, 7) is 3.12. The third-order valence-corrected chi connectivity index (χ3v) is 4.62. The summed E-state index contributed by atoms with van der Waals surface area (Å²) in [5, 5.41) is 3.53. The van der Waals surface area contributed by atoms with E-state index in [-0.39, 0.29) is 17.4 Å². The SMILES string of the molecule is CCn1c(CNC(=O)c2nc(Br)cnc2N)[n+](C)c2ccc(Cl)cc21. The van der Waals surface area contributed by atoms with E-state index >= 15 is 0 Å². The number of hydrogen-bond acceptors (Lipinski definition) is 4. The number of aryl methyl sites for hydroxylation is 2. The minimum atomic E-state index is -0.378. The van der Waals surface area contributed by atoms with Crippen molar-refractivity contribution in [3.8, 4) is 0 Å². The lowest BCUT2D eigenvalue weighted by molar-refractivity contribution is -0.654. The first kappa shape index (κ1) is 17.6. The first-order chi connectivity index (χ1) is 11.9. The molecule has 0 atom stereocenters. The van der Waals surface area contributed by atoms with Crippen molar-refractivity contribution in [2.24, 2.45) is 7.05 Å². The number of nitrogens with two attached hydrogens (primary N) is 1. The number of imidazole rings is 1. The van der Waals surface area contributed by atoms with E-state index in [1.165, 1.54) is 6.20 Å². The van der Waals surface area contributed by atoms with Crippen LogP contribution in [0.1, 0.15) is 23.2 Å². The van der Waals surface area contributed by atoms with Gasteiger partial charge in [-0.3, -0.25) is 4.79 Å². The van der Waals surface area contributed by atoms with Crippen molar-refractivity contribution in [1.82, 2.24) is 19.9 Å². The van der Waals surface area contributed by atoms with Crippen LogP contribution in [0.3, 0.4) is 0 Å². The number of halogens is 2. The average molecular weight is 425 g/mol. The molecule has 0 radical (unpaired) electrons. The lowest BCUT2D eigenvalue weighted by Gasteiger charge is -2.06. The Morgan fingerprint density at radius 2 is 2.24 bits per heavy atom. The average Bonchev–Trinajstić information content (AvgIpc) is 2.85. The van der Waals surface area contributed by atoms with Gasteiger partial charge < -0.3 is 11.1 Å². The van der Waals surface area contributed by atoms with E-state index in [0.717, 1.165) is 23.4 Å². The Hall–Kier alpha value is -2.19. The van der Waals surface area contributed by atoms with Crippen LogP contribution < -0.4 is 15.6 Å². The molecule has 3 rings (SSSR count). The minimum Gasteiger partial charge on any atom is -0.382 e. The highest BCUT2D eigenvalue weighted by Crippen LogP contribution is 2.19. The highest BCUT2D eigenvalue weighted by atomic mass is 79.9. The van der Waals surface area contributed by atoms with Crippen LogP contribution in [0.15, 0.2) is 29.0 Å². The Kier molecular flexibility index (Phi) is 4.91. The number of carbonyl (C=O) groups excluding carboxylic acids is 1. The van der Waals surface area contributed by atoms with Gasteiger partial charge in [0.25, 0.3) is 11.7 Å². The van der Waals surface area contributed by atoms with Crippen LogP contribution in [0.2, 0.25) is 5.02 Å². The molecule has 0 bridgehead atoms. The molecule has 7 nitrogen and oxygen atoms in total. The maximum Gasteiger partial charge on any atom is 0.276 e. The molecule has 1 amide bonds. The third kappa shape index (κ3) is 3.32. The monoisotopic (exact) mass is 423 g/mol. The first-order valence-corrected chi connectivity index (χ1v) is 8.82. The predicted molar refractivity (Wildman–Crippen MR) is 99.1 cm³/mol. The van der Waals surface area contributed by atoms with Crippen LogP contribution in [-0.4, -0.2) is 20.4 Å². The van der Waals surface area contributed by atoms with E-state index < -0.39 is 0 Å². The number of amides is 1. The molecule has 2 aromatic heterocycles. The fraction of sp³-hybridized carbons (Fsp3) is 0.250. The number of anilines is 1. The molecule has 0 fully saturated rings. The van der Waals surface area contributed by atoms with Gasteiger partial charge in [0.15, 0.2) is 22.5 Å². The number of rotatable bonds is 4. The summed E-state index contributed by atoms with van der Waals surface area (Å²) in [4.78, 5) is 20.4. The number of nitrogens with one attached hydrogen (secondary N) is 1. The molecular formula is C16H17BrClN6O+. The van der Waals surface area contributed by atoms with Gasteiger partial charge >= 0.3 is 0 Å². The van der Waals surface area contributed by atoms with Crippen LogP contribution >= 0.6 is 27.5 Å². The zero-order valence-corrected chi connectivity index (χ0v) is 16.1. The van der Waals surface area contributed by atoms with Crippen molar-refractivity contribution in [1.29, 1.82) is 0 Å². The van der Waals surface area contributed by atoms with Crippen LogP contribution in [0, 0.1) is 0 Å². The van der Waals surface area contributed by atoms with Gasteiger partial charge in [-0.05, 0) is 35.0 Å². The van der Waals surface area contributed by atoms with E-state index in [0.29, 0.717) is 16.2 Å². The number of benzene rings is 1. The fourth-order valence-corrected chi connectivity index (χ4v) is 3.26. The fourth-order valence-electron chi connectivity index (χ4n) is 2.81. The molecule has 0 aliphatic heterocycles. The third-order valence-electron chi connectivity index (χ3n) is 4.00. The van der Waals surface area contributed by atoms with Crippen molar-refractivity contribution < 1.29 is 9.36 Å². The number of fused-ring (bicyclic) bond motifs is 1. The Balaban J connectivity index is 1.92. The molecule has 0 unspecified atom stereocenters. The molecule has 1 aromatic carbocycles. The van der Waals surface area contributed by atoms with Gasteiger partial charge in [-0.25, -0.2) is 19.1 Å². The number of aromatic nitrogens is 4. The number of nitrogen functional groups attached to an aromatic ring is 1. The molecule has 0 saturated heterocycles. The molecule has 0 spiro atoms. The Bertz CT molecular complexity index is 971. The minimum absolute atomic E-state index is 0.0906. The second-order valence-electron chi connectivity index (χ2n) is 5.46. The molecule has 9 heteroatoms. The van der Waals surface area contributed by atoms with Gasteiger partial charge in [0, 0.05) is 11.1 Å². The molecule has 2 heterocycles. The van der Waals surface area contributed by atoms with Gasteiger partial charge in [0.05, 0.1) is 19.8 Å². The van der Waals surface area contributed by atoms with Gasteiger partial charge in [0.2, 0.25) is 0 Å². The number of nitrogens with zero attached hydrogens (tertiary/aromatic N) is 4. The van der Waals surface area contributed by atoms with E-state index in [1.54, 1.807) is 0 Å². The molecule has 0 aliphatic rings. The van der Waals surface area contributed by atoms with Crippen molar-refractivity contribution in [3.63, 3.8) is 0 Å². The van der Waals surface area contributed by atoms with E-state index in [4.69, 9.17) is 17.3 Å². The van der Waals surface area contributed by atoms with Crippen LogP contribution in [-0.2, 0) is 20.1 Å². The van der Waals surface area contributed by atoms with Crippen molar-refractivity contribution >= 4 is 50.3 Å². The molecule has 0 aliphatic carbocycles. The topological polar surface area (TPSA) is 89.7 Å². The summed E-state index contributed by atoms with van der Waals surface area (Å²) in [6.07, 6.45) is 1.45. The summed E-state index contributed by atoms with van der Waals surface area (Å²) in [7, 11) is 1.96. The largest absolute Gasteiger partial charge is 0.382 e. The highest BCUT2D eigenvalue weighted by Gasteiger charge is 2.23. The Morgan fingerprint density at radius 1 is 1.48 bits per heavy atom. The molecule has 130 valence electrons.